The van der Waals surface area contributed by atoms with E-state index in [0.29, 0.717) is 0 Å². The summed E-state index contributed by atoms with van der Waals surface area (Å²) in [5.74, 6) is 0. The van der Waals surface area contributed by atoms with E-state index in [-0.39, 0.29) is 1230 Å². The van der Waals surface area contributed by atoms with Crippen molar-refractivity contribution >= 4 is 201 Å². The third-order valence-electron chi connectivity index (χ3n) is 24.9. The van der Waals surface area contributed by atoms with Crippen LogP contribution in [0.5, 0.6) is 0 Å². The maximum atomic E-state index is 2.75. The Morgan fingerprint density at radius 3 is 0.531 bits per heavy atom. The van der Waals surface area contributed by atoms with Gasteiger partial charge in [0.1, 0.15) is 0 Å². The van der Waals surface area contributed by atoms with Crippen molar-refractivity contribution in [2.24, 2.45) is 0 Å². The van der Waals surface area contributed by atoms with Gasteiger partial charge in [0.2, 0.25) is 0 Å². The van der Waals surface area contributed by atoms with Crippen LogP contribution in [0.1, 0.15) is 105 Å². The Bertz CT molecular complexity index is 7190. The summed E-state index contributed by atoms with van der Waals surface area (Å²) >= 11 is 5.50. The summed E-state index contributed by atoms with van der Waals surface area (Å²) < 4.78 is 0. The maximum absolute atomic E-state index is 2.75. The summed E-state index contributed by atoms with van der Waals surface area (Å²) in [6.07, 6.45) is 0. The van der Waals surface area contributed by atoms with Crippen molar-refractivity contribution in [3.63, 3.8) is 0 Å². The van der Waals surface area contributed by atoms with Crippen LogP contribution in [0.2, 0.25) is 0 Å². The molecular weight excluding hydrogens is 4750 g/mol. The molecule has 22 aromatic carbocycles. The molecule has 0 aromatic heterocycles. The van der Waals surface area contributed by atoms with Gasteiger partial charge in [0.25, 0.3) is 0 Å². The molecule has 0 saturated heterocycles. The molecule has 22 rings (SSSR count). The summed E-state index contributed by atoms with van der Waals surface area (Å²) in [4.78, 5) is 0. The van der Waals surface area contributed by atoms with Gasteiger partial charge < -0.3 is 0 Å². The molecule has 0 fully saturated rings. The van der Waals surface area contributed by atoms with E-state index in [1.165, 1.54) is 239 Å². The van der Waals surface area contributed by atoms with Crippen LogP contribution in [0.15, 0.2) is 291 Å². The van der Waals surface area contributed by atoms with Crippen molar-refractivity contribution in [2.75, 3.05) is 0 Å². The molecular formula is C108H84Br2Y37. The van der Waals surface area contributed by atoms with E-state index in [2.05, 4.69) is 403 Å². The Balaban J connectivity index is -0.000000112. The van der Waals surface area contributed by atoms with Crippen molar-refractivity contribution in [1.29, 1.82) is 0 Å². The summed E-state index contributed by atoms with van der Waals surface area (Å²) in [5.41, 5.74) is 15.8. The summed E-state index contributed by atoms with van der Waals surface area (Å²) in [7, 11) is 0. The molecule has 0 heterocycles. The predicted molar refractivity (Wildman–Crippen MR) is 492 cm³/mol. The fourth-order valence-electron chi connectivity index (χ4n) is 19.3. The topological polar surface area (TPSA) is 0 Å². The van der Waals surface area contributed by atoms with Crippen LogP contribution in [0.3, 0.4) is 0 Å². The van der Waals surface area contributed by atoms with Crippen LogP contribution in [-0.4, -0.2) is 0 Å². The van der Waals surface area contributed by atoms with Gasteiger partial charge in [-0.05, 0) is 321 Å². The van der Waals surface area contributed by atoms with Gasteiger partial charge in [-0.15, -0.1) is 0 Å². The van der Waals surface area contributed by atoms with Gasteiger partial charge in [0.05, 0.1) is 0 Å². The van der Waals surface area contributed by atoms with Crippen LogP contribution < -0.4 is 0 Å². The Kier molecular flexibility index (Phi) is 145. The van der Waals surface area contributed by atoms with E-state index in [4.69, 9.17) is 0 Å². The second-order valence-corrected chi connectivity index (χ2v) is 35.4. The van der Waals surface area contributed by atoms with Crippen LogP contribution in [0.4, 0.5) is 0 Å². The minimum atomic E-state index is -0.00438. The number of hydrogen-bond acceptors (Lipinski definition) is 0. The molecule has 0 spiro atoms. The molecule has 37 radical (unpaired) electrons. The molecule has 39 heteroatoms. The first-order valence-corrected chi connectivity index (χ1v) is 42.7. The predicted octanol–water partition coefficient (Wildman–Crippen LogP) is 33.0. The van der Waals surface area contributed by atoms with E-state index in [1.54, 1.807) is 0 Å². The van der Waals surface area contributed by atoms with Gasteiger partial charge in [0.15, 0.2) is 0 Å². The molecule has 0 aliphatic rings. The third kappa shape index (κ3) is 47.7. The molecule has 0 aliphatic heterocycles. The fraction of sp³-hybridized carbons (Fsp3) is 0.148. The van der Waals surface area contributed by atoms with Gasteiger partial charge in [-0.25, -0.2) is 0 Å². The second-order valence-electron chi connectivity index (χ2n) is 35.4. The van der Waals surface area contributed by atoms with Crippen molar-refractivity contribution in [1.82, 2.24) is 0 Å². The van der Waals surface area contributed by atoms with E-state index >= 15 is 0 Å². The summed E-state index contributed by atoms with van der Waals surface area (Å²) in [6, 6.07) is 112. The Morgan fingerprint density at radius 1 is 0.122 bits per heavy atom. The molecule has 0 aliphatic carbocycles. The number of rotatable bonds is 4. The molecule has 22 aromatic rings. The molecule has 0 atom stereocenters. The second kappa shape index (κ2) is 98.3. The average Bonchev–Trinajstić information content (AvgIpc) is 1.56. The van der Waals surface area contributed by atoms with Crippen molar-refractivity contribution < 1.29 is 1210 Å². The molecule has 0 saturated carbocycles. The van der Waals surface area contributed by atoms with Gasteiger partial charge in [-0.3, -0.25) is 0 Å². The third-order valence-corrected chi connectivity index (χ3v) is 24.9. The van der Waals surface area contributed by atoms with Crippen LogP contribution in [0.25, 0.3) is 217 Å². The van der Waals surface area contributed by atoms with Crippen molar-refractivity contribution in [3.05, 3.63) is 313 Å². The average molecular weight is 4830 g/mol. The Labute approximate surface area is 1820 Å². The monoisotopic (exact) mass is 4830 g/mol. The quantitative estimate of drug-likeness (QED) is 0.154. The van der Waals surface area contributed by atoms with Gasteiger partial charge in [-0.1, -0.05) is 314 Å². The molecule has 0 amide bonds. The minimum Gasteiger partial charge on any atom is -0.0616 e. The number of hydrogen-bond donors (Lipinski definition) is 0. The van der Waals surface area contributed by atoms with Gasteiger partial charge in [0, 0.05) is 1240 Å². The molecule has 641 valence electrons. The minimum absolute atomic E-state index is 0. The molecule has 0 nitrogen and oxygen atoms in total. The number of benzene rings is 18. The Hall–Kier alpha value is 29.8. The largest absolute Gasteiger partial charge is 0.0616 e. The number of fused-ring (bicyclic) bond motifs is 20. The zero-order valence-electron chi connectivity index (χ0n) is 85.8. The van der Waals surface area contributed by atoms with Crippen molar-refractivity contribution in [3.8, 4) is 44.5 Å². The first kappa shape index (κ1) is 217. The zero-order valence-corrected chi connectivity index (χ0v) is 194. The first-order valence-electron chi connectivity index (χ1n) is 39.0. The molecule has 0 unspecified atom stereocenters. The fourth-order valence-corrected chi connectivity index (χ4v) is 19.3. The molecule has 147 heavy (non-hydrogen) atoms. The van der Waals surface area contributed by atoms with E-state index < -0.39 is 0 Å². The van der Waals surface area contributed by atoms with E-state index in [1.807, 2.05) is 0 Å². The van der Waals surface area contributed by atoms with E-state index in [9.17, 15) is 0 Å². The van der Waals surface area contributed by atoms with Crippen LogP contribution in [-0.2, 0) is 1230 Å². The SMILES string of the molecule is BrBr.CC(C)(C)c1ccc(-c2ccc(C(C)(C)C)cc2-c2cc3c(cc4c5ccccc5c5cccc3c54)c3cc4c(cc23)c2cccc3cccc4c32)cc1.CC(C)(C)c1ccc(-c2ccc(C(C)(C)C)cc2-c2cc3c(cc4c5ccccc5c5cccc3c54)c3cc4c(cc23)c2cccc3cccc4c32)cc1.[Y].[Y].[Y].[Y].[Y].[Y].[Y].[Y].[Y].[Y].[Y].[Y].[Y].[Y].[Y].[Y].[Y].[Y].[Y].[Y].[Y].[Y].[Y].[Y].[Y].[Y].[Y].[Y].[Y].[Y].[Y].[Y].[Y].[Y].[Y].[Y].[Y]. The van der Waals surface area contributed by atoms with Crippen molar-refractivity contribution in [2.45, 2.75) is 105 Å². The Morgan fingerprint density at radius 2 is 0.293 bits per heavy atom. The molecule has 0 bridgehead atoms. The summed E-state index contributed by atoms with van der Waals surface area (Å²) in [5, 5.41) is 42.6. The maximum Gasteiger partial charge on any atom is 0 e. The van der Waals surface area contributed by atoms with Crippen LogP contribution in [0, 0.1) is 0 Å². The number of halogens is 2. The van der Waals surface area contributed by atoms with Gasteiger partial charge >= 0.3 is 0 Å². The van der Waals surface area contributed by atoms with Crippen LogP contribution >= 0.6 is 28.3 Å². The standard InChI is InChI=1S/2C54H42.Br2.37Y/c2*1-53(2,3)33-22-20-31(21-23-33)35-25-24-34(54(4,5)6)26-42(35)46-29-45-41-19-11-18-38-36-14-7-8-15-37(36)50(52(38)41)30-49(45)48-28-44-40-17-10-13-32-12-9-16-39(51(32)40)43(44)27-47(46)48;1-2;;;;;;;;;;;;;;;;;;;;;;;;;;;;;;;;;;;;;/h2*7-30H,1-6H3;;;;;;;;;;;;;;;;;;;;;;;;;;;;;;;;;;;;;;. The van der Waals surface area contributed by atoms with E-state index in [0.717, 1.165) is 0 Å². The smallest absolute Gasteiger partial charge is 0 e. The first-order chi connectivity index (χ1) is 53.1. The zero-order chi connectivity index (χ0) is 75.3. The molecule has 0 N–H and O–H groups in total. The van der Waals surface area contributed by atoms with Gasteiger partial charge in [-0.2, -0.15) is 0 Å². The normalized spacial score (nSPS) is 9.59. The summed E-state index contributed by atoms with van der Waals surface area (Å²) in [6.45, 7) is 27.7.